The van der Waals surface area contributed by atoms with Crippen LogP contribution in [0.15, 0.2) is 90.2 Å². The Morgan fingerprint density at radius 1 is 1.00 bits per heavy atom. The van der Waals surface area contributed by atoms with E-state index in [0.29, 0.717) is 64.6 Å². The fraction of sp³-hybridized carbons (Fsp3) is 0.306. The van der Waals surface area contributed by atoms with E-state index < -0.39 is 6.29 Å². The Labute approximate surface area is 271 Å². The number of fused-ring (bicyclic) bond motifs is 2. The van der Waals surface area contributed by atoms with Crippen LogP contribution in [0.2, 0.25) is 0 Å². The zero-order chi connectivity index (χ0) is 32.3. The number of anilines is 1. The van der Waals surface area contributed by atoms with Crippen molar-refractivity contribution in [1.82, 2.24) is 29.1 Å². The second-order valence-electron chi connectivity index (χ2n) is 11.5. The highest BCUT2D eigenvalue weighted by Crippen LogP contribution is 2.32. The molecule has 11 nitrogen and oxygen atoms in total. The molecule has 0 radical (unpaired) electrons. The lowest BCUT2D eigenvalue weighted by Crippen LogP contribution is -2.28. The number of imidazole rings is 1. The average molecular weight is 632 g/mol. The van der Waals surface area contributed by atoms with E-state index in [0.717, 1.165) is 30.4 Å². The van der Waals surface area contributed by atoms with Gasteiger partial charge < -0.3 is 19.9 Å². The number of hydrogen-bond donors (Lipinski definition) is 2. The summed E-state index contributed by atoms with van der Waals surface area (Å²) in [7, 11) is 0. The van der Waals surface area contributed by atoms with Gasteiger partial charge in [0.05, 0.1) is 29.0 Å². The summed E-state index contributed by atoms with van der Waals surface area (Å²) in [5.41, 5.74) is 4.67. The average Bonchev–Trinajstić information content (AvgIpc) is 3.56. The van der Waals surface area contributed by atoms with Crippen LogP contribution >= 0.6 is 0 Å². The van der Waals surface area contributed by atoms with Gasteiger partial charge in [0.1, 0.15) is 18.4 Å². The normalized spacial score (nSPS) is 16.4. The number of aliphatic hydroxyl groups excluding tert-OH is 1. The molecule has 11 heteroatoms. The second kappa shape index (κ2) is 13.4. The van der Waals surface area contributed by atoms with Gasteiger partial charge in [0.15, 0.2) is 23.3 Å². The maximum Gasteiger partial charge on any atom is 0.266 e. The Kier molecular flexibility index (Phi) is 8.75. The molecular weight excluding hydrogens is 594 g/mol. The van der Waals surface area contributed by atoms with Gasteiger partial charge in [-0.2, -0.15) is 0 Å². The van der Waals surface area contributed by atoms with Crippen molar-refractivity contribution in [2.24, 2.45) is 0 Å². The van der Waals surface area contributed by atoms with E-state index in [1.807, 2.05) is 91.2 Å². The van der Waals surface area contributed by atoms with Gasteiger partial charge >= 0.3 is 0 Å². The van der Waals surface area contributed by atoms with Crippen molar-refractivity contribution in [3.05, 3.63) is 107 Å². The van der Waals surface area contributed by atoms with Crippen molar-refractivity contribution < 1.29 is 14.6 Å². The molecule has 47 heavy (non-hydrogen) atoms. The van der Waals surface area contributed by atoms with Gasteiger partial charge in [-0.25, -0.2) is 19.9 Å². The molecule has 240 valence electrons. The molecule has 6 aromatic rings. The quantitative estimate of drug-likeness (QED) is 0.163. The summed E-state index contributed by atoms with van der Waals surface area (Å²) in [5.74, 6) is 1.12. The van der Waals surface area contributed by atoms with Crippen LogP contribution in [-0.4, -0.2) is 47.4 Å². The van der Waals surface area contributed by atoms with E-state index in [4.69, 9.17) is 14.5 Å². The first kappa shape index (κ1) is 30.7. The van der Waals surface area contributed by atoms with Crippen LogP contribution in [0.4, 0.5) is 5.82 Å². The lowest BCUT2D eigenvalue weighted by atomic mass is 9.99. The summed E-state index contributed by atoms with van der Waals surface area (Å²) >= 11 is 0. The smallest absolute Gasteiger partial charge is 0.266 e. The molecule has 3 atom stereocenters. The molecule has 1 fully saturated rings. The number of aliphatic hydroxyl groups is 1. The number of ether oxygens (including phenoxy) is 2. The van der Waals surface area contributed by atoms with Crippen molar-refractivity contribution in [2.45, 2.75) is 58.1 Å². The molecule has 1 aliphatic rings. The van der Waals surface area contributed by atoms with E-state index in [9.17, 15) is 9.90 Å². The van der Waals surface area contributed by atoms with Crippen molar-refractivity contribution in [1.29, 1.82) is 0 Å². The first-order valence-corrected chi connectivity index (χ1v) is 16.1. The van der Waals surface area contributed by atoms with Gasteiger partial charge in [-0.1, -0.05) is 61.5 Å². The Hall–Kier alpha value is -4.97. The van der Waals surface area contributed by atoms with Gasteiger partial charge in [0, 0.05) is 18.8 Å². The molecule has 0 spiro atoms. The van der Waals surface area contributed by atoms with Crippen LogP contribution in [0, 0.1) is 0 Å². The van der Waals surface area contributed by atoms with Crippen LogP contribution in [0.3, 0.4) is 0 Å². The molecule has 1 aliphatic heterocycles. The molecule has 3 aromatic carbocycles. The summed E-state index contributed by atoms with van der Waals surface area (Å²) in [5, 5.41) is 14.3. The van der Waals surface area contributed by atoms with E-state index in [1.165, 1.54) is 6.33 Å². The van der Waals surface area contributed by atoms with Crippen molar-refractivity contribution in [3.63, 3.8) is 0 Å². The number of benzene rings is 3. The minimum atomic E-state index is -1.01. The van der Waals surface area contributed by atoms with Crippen LogP contribution < -0.4 is 10.9 Å². The minimum Gasteiger partial charge on any atom is -0.364 e. The largest absolute Gasteiger partial charge is 0.364 e. The zero-order valence-electron chi connectivity index (χ0n) is 26.4. The Morgan fingerprint density at radius 2 is 1.83 bits per heavy atom. The SMILES string of the molecule is CCOC(O)c1ccc(-c2cccc3nc([C@H](CC)Nc4ncnc5c4ncn5C4CCCCO4)n(-c4ccccc4)c(=O)c23)cc1. The predicted molar refractivity (Wildman–Crippen MR) is 180 cm³/mol. The van der Waals surface area contributed by atoms with E-state index in [1.54, 1.807) is 10.9 Å². The fourth-order valence-corrected chi connectivity index (χ4v) is 6.26. The summed E-state index contributed by atoms with van der Waals surface area (Å²) in [6.45, 7) is 4.99. The molecular formula is C36H37N7O4. The zero-order valence-corrected chi connectivity index (χ0v) is 26.4. The van der Waals surface area contributed by atoms with E-state index >= 15 is 0 Å². The van der Waals surface area contributed by atoms with Gasteiger partial charge in [0.2, 0.25) is 0 Å². The topological polar surface area (TPSA) is 129 Å². The third-order valence-electron chi connectivity index (χ3n) is 8.62. The Balaban J connectivity index is 1.33. The predicted octanol–water partition coefficient (Wildman–Crippen LogP) is 6.48. The van der Waals surface area contributed by atoms with Gasteiger partial charge in [-0.15, -0.1) is 0 Å². The summed E-state index contributed by atoms with van der Waals surface area (Å²) in [6.07, 6.45) is 5.84. The molecule has 0 saturated carbocycles. The van der Waals surface area contributed by atoms with Gasteiger partial charge in [0.25, 0.3) is 5.56 Å². The van der Waals surface area contributed by atoms with E-state index in [2.05, 4.69) is 20.3 Å². The lowest BCUT2D eigenvalue weighted by molar-refractivity contribution is -0.0979. The second-order valence-corrected chi connectivity index (χ2v) is 11.5. The highest BCUT2D eigenvalue weighted by molar-refractivity contribution is 5.94. The number of rotatable bonds is 10. The molecule has 7 rings (SSSR count). The minimum absolute atomic E-state index is 0.107. The molecule has 0 amide bonds. The number of aromatic nitrogens is 6. The van der Waals surface area contributed by atoms with Crippen molar-refractivity contribution >= 4 is 27.9 Å². The fourth-order valence-electron chi connectivity index (χ4n) is 6.26. The Morgan fingerprint density at radius 3 is 2.57 bits per heavy atom. The highest BCUT2D eigenvalue weighted by atomic mass is 16.6. The maximum absolute atomic E-state index is 14.6. The molecule has 0 aliphatic carbocycles. The number of hydrogen-bond acceptors (Lipinski definition) is 9. The molecule has 2 N–H and O–H groups in total. The maximum atomic E-state index is 14.6. The monoisotopic (exact) mass is 631 g/mol. The first-order chi connectivity index (χ1) is 23.1. The third-order valence-corrected chi connectivity index (χ3v) is 8.62. The number of nitrogens with zero attached hydrogens (tertiary/aromatic N) is 6. The van der Waals surface area contributed by atoms with Gasteiger partial charge in [-0.05, 0) is 61.9 Å². The highest BCUT2D eigenvalue weighted by Gasteiger charge is 2.25. The number of para-hydroxylation sites is 1. The van der Waals surface area contributed by atoms with Crippen LogP contribution in [0.1, 0.15) is 69.5 Å². The lowest BCUT2D eigenvalue weighted by Gasteiger charge is -2.24. The van der Waals surface area contributed by atoms with Crippen molar-refractivity contribution in [3.8, 4) is 16.8 Å². The summed E-state index contributed by atoms with van der Waals surface area (Å²) in [6, 6.07) is 22.3. The van der Waals surface area contributed by atoms with Crippen LogP contribution in [0.5, 0.6) is 0 Å². The van der Waals surface area contributed by atoms with E-state index in [-0.39, 0.29) is 17.8 Å². The van der Waals surface area contributed by atoms with Crippen LogP contribution in [0.25, 0.3) is 38.9 Å². The van der Waals surface area contributed by atoms with Crippen molar-refractivity contribution in [2.75, 3.05) is 18.5 Å². The molecule has 2 unspecified atom stereocenters. The molecule has 3 aromatic heterocycles. The molecule has 0 bridgehead atoms. The van der Waals surface area contributed by atoms with Gasteiger partial charge in [-0.3, -0.25) is 13.9 Å². The van der Waals surface area contributed by atoms with Crippen LogP contribution in [-0.2, 0) is 9.47 Å². The molecule has 1 saturated heterocycles. The number of nitrogens with one attached hydrogen (secondary N) is 1. The standard InChI is InChI=1S/C36H37N7O4/c1-3-27(40-32-31-34(38-21-37-32)42(22-39-31)29-15-8-9-20-47-29)33-41-28-14-10-13-26(23-16-18-24(19-17-23)36(45)46-4-2)30(28)35(44)43(33)25-11-6-5-7-12-25/h5-7,10-14,16-19,21-22,27,29,36,45H,3-4,8-9,15,20H2,1-2H3,(H,37,38,40)/t27-,29?,36?/m0/s1. The molecule has 4 heterocycles. The summed E-state index contributed by atoms with van der Waals surface area (Å²) in [4.78, 5) is 33.6. The third kappa shape index (κ3) is 5.89. The first-order valence-electron chi connectivity index (χ1n) is 16.1. The summed E-state index contributed by atoms with van der Waals surface area (Å²) < 4.78 is 15.0. The Bertz CT molecular complexity index is 2050.